The van der Waals surface area contributed by atoms with Crippen molar-refractivity contribution in [3.8, 4) is 11.5 Å². The summed E-state index contributed by atoms with van der Waals surface area (Å²) >= 11 is 0. The summed E-state index contributed by atoms with van der Waals surface area (Å²) in [6.45, 7) is 2.09. The second-order valence-corrected chi connectivity index (χ2v) is 4.52. The van der Waals surface area contributed by atoms with Crippen LogP contribution in [0, 0.1) is 0 Å². The first-order valence-corrected chi connectivity index (χ1v) is 6.43. The SMILES string of the molecule is CCCc1ccc(Oc2cccc(C(F)(F)F)c2)cc1. The van der Waals surface area contributed by atoms with E-state index < -0.39 is 11.7 Å². The number of hydrogen-bond acceptors (Lipinski definition) is 1. The quantitative estimate of drug-likeness (QED) is 0.723. The van der Waals surface area contributed by atoms with Crippen molar-refractivity contribution < 1.29 is 17.9 Å². The lowest BCUT2D eigenvalue weighted by Crippen LogP contribution is -2.04. The van der Waals surface area contributed by atoms with Gasteiger partial charge in [-0.3, -0.25) is 0 Å². The zero-order valence-corrected chi connectivity index (χ0v) is 11.1. The number of halogens is 3. The number of alkyl halides is 3. The van der Waals surface area contributed by atoms with Crippen LogP contribution < -0.4 is 4.74 Å². The molecule has 0 unspecified atom stereocenters. The average Bonchev–Trinajstić information content (AvgIpc) is 2.41. The van der Waals surface area contributed by atoms with E-state index in [2.05, 4.69) is 6.92 Å². The fourth-order valence-corrected chi connectivity index (χ4v) is 1.88. The number of hydrogen-bond donors (Lipinski definition) is 0. The second-order valence-electron chi connectivity index (χ2n) is 4.52. The number of rotatable bonds is 4. The van der Waals surface area contributed by atoms with Gasteiger partial charge in [-0.1, -0.05) is 31.5 Å². The summed E-state index contributed by atoms with van der Waals surface area (Å²) in [6, 6.07) is 12.3. The van der Waals surface area contributed by atoms with Crippen molar-refractivity contribution >= 4 is 0 Å². The molecule has 2 aromatic carbocycles. The van der Waals surface area contributed by atoms with Crippen molar-refractivity contribution in [3.05, 3.63) is 59.7 Å². The minimum atomic E-state index is -4.36. The minimum absolute atomic E-state index is 0.183. The molecule has 0 atom stereocenters. The Morgan fingerprint density at radius 3 is 2.25 bits per heavy atom. The Morgan fingerprint density at radius 2 is 1.65 bits per heavy atom. The van der Waals surface area contributed by atoms with Crippen LogP contribution in [-0.2, 0) is 12.6 Å². The summed E-state index contributed by atoms with van der Waals surface area (Å²) in [4.78, 5) is 0. The van der Waals surface area contributed by atoms with Crippen LogP contribution in [0.1, 0.15) is 24.5 Å². The summed E-state index contributed by atoms with van der Waals surface area (Å²) in [7, 11) is 0. The Balaban J connectivity index is 2.13. The summed E-state index contributed by atoms with van der Waals surface area (Å²) in [5.74, 6) is 0.715. The zero-order valence-electron chi connectivity index (χ0n) is 11.1. The lowest BCUT2D eigenvalue weighted by Gasteiger charge is -2.10. The van der Waals surface area contributed by atoms with Gasteiger partial charge in [0.15, 0.2) is 0 Å². The molecule has 0 aromatic heterocycles. The van der Waals surface area contributed by atoms with Gasteiger partial charge in [-0.05, 0) is 42.3 Å². The Morgan fingerprint density at radius 1 is 0.950 bits per heavy atom. The van der Waals surface area contributed by atoms with Gasteiger partial charge >= 0.3 is 6.18 Å². The van der Waals surface area contributed by atoms with Gasteiger partial charge in [-0.25, -0.2) is 0 Å². The third-order valence-electron chi connectivity index (χ3n) is 2.86. The van der Waals surface area contributed by atoms with Crippen molar-refractivity contribution in [3.63, 3.8) is 0 Å². The normalized spacial score (nSPS) is 11.4. The van der Waals surface area contributed by atoms with Gasteiger partial charge in [0.1, 0.15) is 11.5 Å². The molecule has 0 aliphatic rings. The maximum Gasteiger partial charge on any atom is 0.416 e. The first-order chi connectivity index (χ1) is 9.49. The van der Waals surface area contributed by atoms with Crippen LogP contribution in [0.5, 0.6) is 11.5 Å². The van der Waals surface area contributed by atoms with Crippen molar-refractivity contribution in [2.24, 2.45) is 0 Å². The maximum absolute atomic E-state index is 12.6. The van der Waals surface area contributed by atoms with Crippen LogP contribution in [0.2, 0.25) is 0 Å². The first-order valence-electron chi connectivity index (χ1n) is 6.43. The van der Waals surface area contributed by atoms with Gasteiger partial charge in [0.05, 0.1) is 5.56 Å². The third kappa shape index (κ3) is 3.76. The number of benzene rings is 2. The van der Waals surface area contributed by atoms with Crippen molar-refractivity contribution in [1.82, 2.24) is 0 Å². The van der Waals surface area contributed by atoms with Crippen LogP contribution in [-0.4, -0.2) is 0 Å². The summed E-state index contributed by atoms with van der Waals surface area (Å²) in [5.41, 5.74) is 0.474. The van der Waals surface area contributed by atoms with E-state index in [1.54, 1.807) is 12.1 Å². The number of ether oxygens (including phenoxy) is 1. The molecule has 2 aromatic rings. The van der Waals surface area contributed by atoms with Gasteiger partial charge < -0.3 is 4.74 Å². The molecule has 0 amide bonds. The van der Waals surface area contributed by atoms with Crippen LogP contribution >= 0.6 is 0 Å². The van der Waals surface area contributed by atoms with Gasteiger partial charge in [0, 0.05) is 0 Å². The molecule has 0 saturated heterocycles. The van der Waals surface area contributed by atoms with Crippen molar-refractivity contribution in [1.29, 1.82) is 0 Å². The monoisotopic (exact) mass is 280 g/mol. The average molecular weight is 280 g/mol. The summed E-state index contributed by atoms with van der Waals surface area (Å²) in [5, 5.41) is 0. The zero-order chi connectivity index (χ0) is 14.6. The van der Waals surface area contributed by atoms with Crippen molar-refractivity contribution in [2.75, 3.05) is 0 Å². The fraction of sp³-hybridized carbons (Fsp3) is 0.250. The Hall–Kier alpha value is -1.97. The highest BCUT2D eigenvalue weighted by Crippen LogP contribution is 2.32. The Kier molecular flexibility index (Phi) is 4.32. The third-order valence-corrected chi connectivity index (χ3v) is 2.86. The van der Waals surface area contributed by atoms with E-state index in [0.29, 0.717) is 5.75 Å². The molecule has 0 N–H and O–H groups in total. The van der Waals surface area contributed by atoms with Gasteiger partial charge in [0.2, 0.25) is 0 Å². The second kappa shape index (κ2) is 5.99. The predicted octanol–water partition coefficient (Wildman–Crippen LogP) is 5.45. The highest BCUT2D eigenvalue weighted by molar-refractivity contribution is 5.36. The minimum Gasteiger partial charge on any atom is -0.457 e. The smallest absolute Gasteiger partial charge is 0.416 e. The molecule has 2 rings (SSSR count). The van der Waals surface area contributed by atoms with E-state index in [1.165, 1.54) is 17.7 Å². The highest BCUT2D eigenvalue weighted by atomic mass is 19.4. The molecule has 1 nitrogen and oxygen atoms in total. The Labute approximate surface area is 116 Å². The van der Waals surface area contributed by atoms with Gasteiger partial charge in [-0.15, -0.1) is 0 Å². The molecule has 0 heterocycles. The molecule has 106 valence electrons. The molecule has 0 bridgehead atoms. The largest absolute Gasteiger partial charge is 0.457 e. The summed E-state index contributed by atoms with van der Waals surface area (Å²) < 4.78 is 43.2. The van der Waals surface area contributed by atoms with E-state index in [0.717, 1.165) is 25.0 Å². The highest BCUT2D eigenvalue weighted by Gasteiger charge is 2.30. The maximum atomic E-state index is 12.6. The molecular weight excluding hydrogens is 265 g/mol. The molecule has 0 saturated carbocycles. The van der Waals surface area contributed by atoms with Crippen LogP contribution in [0.3, 0.4) is 0 Å². The Bertz CT molecular complexity index is 559. The van der Waals surface area contributed by atoms with Gasteiger partial charge in [-0.2, -0.15) is 13.2 Å². The van der Waals surface area contributed by atoms with E-state index in [4.69, 9.17) is 4.74 Å². The fourth-order valence-electron chi connectivity index (χ4n) is 1.88. The topological polar surface area (TPSA) is 9.23 Å². The molecule has 0 spiro atoms. The van der Waals surface area contributed by atoms with Crippen LogP contribution in [0.15, 0.2) is 48.5 Å². The molecule has 4 heteroatoms. The molecular formula is C16H15F3O. The molecule has 0 fully saturated rings. The van der Waals surface area contributed by atoms with E-state index >= 15 is 0 Å². The van der Waals surface area contributed by atoms with E-state index in [-0.39, 0.29) is 5.75 Å². The lowest BCUT2D eigenvalue weighted by molar-refractivity contribution is -0.137. The van der Waals surface area contributed by atoms with Crippen LogP contribution in [0.25, 0.3) is 0 Å². The van der Waals surface area contributed by atoms with E-state index in [1.807, 2.05) is 12.1 Å². The number of aryl methyl sites for hydroxylation is 1. The molecule has 0 radical (unpaired) electrons. The standard InChI is InChI=1S/C16H15F3O/c1-2-4-12-7-9-14(10-8-12)20-15-6-3-5-13(11-15)16(17,18)19/h3,5-11H,2,4H2,1H3. The first kappa shape index (κ1) is 14.4. The lowest BCUT2D eigenvalue weighted by atomic mass is 10.1. The molecule has 0 aliphatic carbocycles. The molecule has 20 heavy (non-hydrogen) atoms. The van der Waals surface area contributed by atoms with Crippen LogP contribution in [0.4, 0.5) is 13.2 Å². The van der Waals surface area contributed by atoms with E-state index in [9.17, 15) is 13.2 Å². The summed E-state index contributed by atoms with van der Waals surface area (Å²) in [6.07, 6.45) is -2.33. The van der Waals surface area contributed by atoms with Gasteiger partial charge in [0.25, 0.3) is 0 Å². The predicted molar refractivity (Wildman–Crippen MR) is 72.0 cm³/mol. The van der Waals surface area contributed by atoms with Crippen molar-refractivity contribution in [2.45, 2.75) is 25.9 Å². The molecule has 0 aliphatic heterocycles.